The summed E-state index contributed by atoms with van der Waals surface area (Å²) in [5, 5.41) is 4.00. The second-order valence-electron chi connectivity index (χ2n) is 2.65. The summed E-state index contributed by atoms with van der Waals surface area (Å²) in [5.74, 6) is 0. The largest absolute Gasteiger partial charge is 0.448 e. The van der Waals surface area contributed by atoms with Gasteiger partial charge in [0.1, 0.15) is 5.69 Å². The summed E-state index contributed by atoms with van der Waals surface area (Å²) in [4.78, 5) is 15.2. The lowest BCUT2D eigenvalue weighted by Crippen LogP contribution is -2.14. The highest BCUT2D eigenvalue weighted by molar-refractivity contribution is 5.83. The third kappa shape index (κ3) is 1.32. The number of hydrogen-bond donors (Lipinski definition) is 0. The van der Waals surface area contributed by atoms with E-state index in [4.69, 9.17) is 4.74 Å². The van der Waals surface area contributed by atoms with Gasteiger partial charge >= 0.3 is 6.09 Å². The average molecular weight is 179 g/mol. The van der Waals surface area contributed by atoms with Crippen LogP contribution < -0.4 is 0 Å². The van der Waals surface area contributed by atoms with Gasteiger partial charge in [0, 0.05) is 18.0 Å². The molecule has 0 N–H and O–H groups in total. The first-order valence-corrected chi connectivity index (χ1v) is 4.06. The normalized spacial score (nSPS) is 13.0. The Morgan fingerprint density at radius 2 is 2.62 bits per heavy atom. The molecule has 2 heterocycles. The van der Waals surface area contributed by atoms with Gasteiger partial charge in [-0.15, -0.1) is 0 Å². The van der Waals surface area contributed by atoms with Crippen LogP contribution in [-0.4, -0.2) is 28.7 Å². The summed E-state index contributed by atoms with van der Waals surface area (Å²) in [6, 6.07) is 0. The minimum atomic E-state index is -0.440. The van der Waals surface area contributed by atoms with Gasteiger partial charge in [0.15, 0.2) is 0 Å². The van der Waals surface area contributed by atoms with Crippen LogP contribution in [0.4, 0.5) is 4.79 Å². The lowest BCUT2D eigenvalue weighted by molar-refractivity contribution is 0.150. The van der Waals surface area contributed by atoms with Crippen molar-refractivity contribution in [2.24, 2.45) is 4.99 Å². The maximum atomic E-state index is 11.2. The van der Waals surface area contributed by atoms with E-state index in [0.29, 0.717) is 13.2 Å². The molecule has 2 rings (SSSR count). The molecular weight excluding hydrogens is 170 g/mol. The van der Waals surface area contributed by atoms with Crippen LogP contribution in [0.1, 0.15) is 18.2 Å². The summed E-state index contributed by atoms with van der Waals surface area (Å²) in [5.41, 5.74) is 1.72. The van der Waals surface area contributed by atoms with Crippen LogP contribution >= 0.6 is 0 Å². The van der Waals surface area contributed by atoms with Crippen LogP contribution in [0, 0.1) is 0 Å². The summed E-state index contributed by atoms with van der Waals surface area (Å²) in [6.45, 7) is 2.72. The molecule has 0 saturated carbocycles. The number of aliphatic imine (C=N–C) groups is 1. The lowest BCUT2D eigenvalue weighted by atomic mass is 10.3. The zero-order chi connectivity index (χ0) is 9.26. The number of aromatic nitrogens is 2. The maximum absolute atomic E-state index is 11.2. The molecule has 0 unspecified atom stereocenters. The van der Waals surface area contributed by atoms with Gasteiger partial charge in [-0.05, 0) is 6.92 Å². The molecule has 0 saturated heterocycles. The number of carbonyl (C=O) groups excluding carboxylic acids is 1. The zero-order valence-corrected chi connectivity index (χ0v) is 7.23. The molecule has 0 aromatic carbocycles. The van der Waals surface area contributed by atoms with Crippen molar-refractivity contribution in [3.8, 4) is 0 Å². The molecule has 1 aliphatic heterocycles. The fraction of sp³-hybridized carbons (Fsp3) is 0.375. The minimum absolute atomic E-state index is 0.359. The van der Waals surface area contributed by atoms with E-state index in [1.54, 1.807) is 19.3 Å². The predicted molar refractivity (Wildman–Crippen MR) is 45.9 cm³/mol. The Kier molecular flexibility index (Phi) is 1.84. The van der Waals surface area contributed by atoms with E-state index in [1.165, 1.54) is 4.68 Å². The number of rotatable bonds is 1. The lowest BCUT2D eigenvalue weighted by Gasteiger charge is -1.98. The summed E-state index contributed by atoms with van der Waals surface area (Å²) in [7, 11) is 0. The second-order valence-corrected chi connectivity index (χ2v) is 2.65. The minimum Gasteiger partial charge on any atom is -0.448 e. The SMILES string of the molecule is CCOC(=O)n1cc2c(n1)C=NC2. The first-order chi connectivity index (χ1) is 6.31. The van der Waals surface area contributed by atoms with Crippen molar-refractivity contribution >= 4 is 12.3 Å². The van der Waals surface area contributed by atoms with E-state index in [-0.39, 0.29) is 0 Å². The standard InChI is InChI=1S/C8H9N3O2/c1-2-13-8(12)11-5-6-3-9-4-7(6)10-11/h4-5H,2-3H2,1H3. The van der Waals surface area contributed by atoms with Crippen LogP contribution in [0.3, 0.4) is 0 Å². The Morgan fingerprint density at radius 1 is 1.77 bits per heavy atom. The van der Waals surface area contributed by atoms with Gasteiger partial charge in [0.05, 0.1) is 13.2 Å². The van der Waals surface area contributed by atoms with Gasteiger partial charge < -0.3 is 4.74 Å². The number of nitrogens with zero attached hydrogens (tertiary/aromatic N) is 3. The topological polar surface area (TPSA) is 56.5 Å². The Balaban J connectivity index is 2.23. The van der Waals surface area contributed by atoms with Crippen molar-refractivity contribution in [1.29, 1.82) is 0 Å². The molecule has 1 aromatic rings. The molecule has 68 valence electrons. The molecule has 13 heavy (non-hydrogen) atoms. The molecule has 0 atom stereocenters. The van der Waals surface area contributed by atoms with Crippen LogP contribution in [0.5, 0.6) is 0 Å². The molecule has 0 fully saturated rings. The molecule has 1 aromatic heterocycles. The van der Waals surface area contributed by atoms with Gasteiger partial charge in [-0.3, -0.25) is 4.99 Å². The summed E-state index contributed by atoms with van der Waals surface area (Å²) < 4.78 is 5.99. The molecule has 0 radical (unpaired) electrons. The van der Waals surface area contributed by atoms with Gasteiger partial charge in [-0.25, -0.2) is 4.79 Å². The predicted octanol–water partition coefficient (Wildman–Crippen LogP) is 0.820. The first kappa shape index (κ1) is 7.97. The van der Waals surface area contributed by atoms with Crippen LogP contribution in [0.2, 0.25) is 0 Å². The van der Waals surface area contributed by atoms with Crippen molar-refractivity contribution in [3.63, 3.8) is 0 Å². The van der Waals surface area contributed by atoms with Gasteiger partial charge in [-0.1, -0.05) is 0 Å². The van der Waals surface area contributed by atoms with E-state index in [1.807, 2.05) is 0 Å². The molecule has 0 spiro atoms. The number of carbonyl (C=O) groups is 1. The quantitative estimate of drug-likeness (QED) is 0.641. The van der Waals surface area contributed by atoms with Gasteiger partial charge in [0.25, 0.3) is 0 Å². The van der Waals surface area contributed by atoms with Crippen LogP contribution in [-0.2, 0) is 11.3 Å². The van der Waals surface area contributed by atoms with E-state index in [0.717, 1.165) is 11.3 Å². The van der Waals surface area contributed by atoms with Crippen molar-refractivity contribution in [2.45, 2.75) is 13.5 Å². The Labute approximate surface area is 75.0 Å². The molecular formula is C8H9N3O2. The fourth-order valence-corrected chi connectivity index (χ4v) is 1.17. The molecule has 1 aliphatic rings. The summed E-state index contributed by atoms with van der Waals surface area (Å²) >= 11 is 0. The third-order valence-corrected chi connectivity index (χ3v) is 1.75. The number of hydrogen-bond acceptors (Lipinski definition) is 4. The van der Waals surface area contributed by atoms with E-state index < -0.39 is 6.09 Å². The van der Waals surface area contributed by atoms with Gasteiger partial charge in [0.2, 0.25) is 0 Å². The third-order valence-electron chi connectivity index (χ3n) is 1.75. The van der Waals surface area contributed by atoms with Gasteiger partial charge in [-0.2, -0.15) is 9.78 Å². The van der Waals surface area contributed by atoms with Crippen molar-refractivity contribution in [1.82, 2.24) is 9.78 Å². The highest BCUT2D eigenvalue weighted by Gasteiger charge is 2.15. The Bertz CT molecular complexity index is 367. The highest BCUT2D eigenvalue weighted by Crippen LogP contribution is 2.11. The molecule has 5 heteroatoms. The van der Waals surface area contributed by atoms with Crippen molar-refractivity contribution < 1.29 is 9.53 Å². The van der Waals surface area contributed by atoms with Crippen LogP contribution in [0.25, 0.3) is 0 Å². The van der Waals surface area contributed by atoms with E-state index in [2.05, 4.69) is 10.1 Å². The van der Waals surface area contributed by atoms with Crippen LogP contribution in [0.15, 0.2) is 11.2 Å². The molecule has 0 aliphatic carbocycles. The second kappa shape index (κ2) is 3.01. The fourth-order valence-electron chi connectivity index (χ4n) is 1.17. The van der Waals surface area contributed by atoms with Crippen molar-refractivity contribution in [3.05, 3.63) is 17.5 Å². The Morgan fingerprint density at radius 3 is 3.31 bits per heavy atom. The average Bonchev–Trinajstić information content (AvgIpc) is 2.61. The molecule has 0 amide bonds. The summed E-state index contributed by atoms with van der Waals surface area (Å²) in [6.07, 6.45) is 2.87. The number of ether oxygens (including phenoxy) is 1. The first-order valence-electron chi connectivity index (χ1n) is 4.06. The van der Waals surface area contributed by atoms with Crippen molar-refractivity contribution in [2.75, 3.05) is 6.61 Å². The Hall–Kier alpha value is -1.65. The maximum Gasteiger partial charge on any atom is 0.434 e. The molecule has 5 nitrogen and oxygen atoms in total. The van der Waals surface area contributed by atoms with E-state index in [9.17, 15) is 4.79 Å². The smallest absolute Gasteiger partial charge is 0.434 e. The number of fused-ring (bicyclic) bond motifs is 1. The zero-order valence-electron chi connectivity index (χ0n) is 7.23. The highest BCUT2D eigenvalue weighted by atomic mass is 16.5. The molecule has 0 bridgehead atoms. The monoisotopic (exact) mass is 179 g/mol. The van der Waals surface area contributed by atoms with E-state index >= 15 is 0 Å².